The van der Waals surface area contributed by atoms with Gasteiger partial charge in [-0.05, 0) is 17.0 Å². The van der Waals surface area contributed by atoms with Crippen molar-refractivity contribution >= 4 is 17.3 Å². The van der Waals surface area contributed by atoms with E-state index in [1.807, 2.05) is 20.8 Å². The van der Waals surface area contributed by atoms with Crippen molar-refractivity contribution in [2.24, 2.45) is 11.1 Å². The maximum absolute atomic E-state index is 10.7. The van der Waals surface area contributed by atoms with E-state index in [0.29, 0.717) is 10.6 Å². The van der Waals surface area contributed by atoms with Crippen molar-refractivity contribution in [2.45, 2.75) is 26.8 Å². The molecule has 1 aromatic carbocycles. The number of halogens is 1. The number of rotatable bonds is 2. The summed E-state index contributed by atoms with van der Waals surface area (Å²) < 4.78 is 0. The molecule has 0 aliphatic rings. The largest absolute Gasteiger partial charge is 0.323 e. The van der Waals surface area contributed by atoms with Crippen molar-refractivity contribution < 1.29 is 4.92 Å². The van der Waals surface area contributed by atoms with Gasteiger partial charge in [0.25, 0.3) is 5.69 Å². The summed E-state index contributed by atoms with van der Waals surface area (Å²) >= 11 is 6.00. The summed E-state index contributed by atoms with van der Waals surface area (Å²) in [6.45, 7) is 5.90. The third-order valence-electron chi connectivity index (χ3n) is 2.46. The van der Waals surface area contributed by atoms with Crippen LogP contribution in [-0.4, -0.2) is 4.92 Å². The molecule has 2 N–H and O–H groups in total. The number of benzene rings is 1. The second-order valence-electron chi connectivity index (χ2n) is 4.81. The van der Waals surface area contributed by atoms with E-state index in [9.17, 15) is 10.1 Å². The predicted molar refractivity (Wildman–Crippen MR) is 64.5 cm³/mol. The average molecular weight is 243 g/mol. The third-order valence-corrected chi connectivity index (χ3v) is 2.80. The Balaban J connectivity index is 3.22. The van der Waals surface area contributed by atoms with Crippen molar-refractivity contribution in [1.29, 1.82) is 0 Å². The number of nitrogens with zero attached hydrogens (tertiary/aromatic N) is 1. The average Bonchev–Trinajstić information content (AvgIpc) is 2.15. The van der Waals surface area contributed by atoms with E-state index in [2.05, 4.69) is 0 Å². The van der Waals surface area contributed by atoms with Gasteiger partial charge in [0.15, 0.2) is 0 Å². The second kappa shape index (κ2) is 4.39. The van der Waals surface area contributed by atoms with Crippen molar-refractivity contribution in [3.8, 4) is 0 Å². The minimum Gasteiger partial charge on any atom is -0.323 e. The Bertz CT molecular complexity index is 413. The van der Waals surface area contributed by atoms with Crippen molar-refractivity contribution in [2.75, 3.05) is 0 Å². The smallest absolute Gasteiger partial charge is 0.269 e. The fourth-order valence-electron chi connectivity index (χ4n) is 1.35. The summed E-state index contributed by atoms with van der Waals surface area (Å²) in [5.41, 5.74) is 6.47. The zero-order valence-corrected chi connectivity index (χ0v) is 10.3. The lowest BCUT2D eigenvalue weighted by Crippen LogP contribution is -2.26. The van der Waals surface area contributed by atoms with Gasteiger partial charge in [-0.2, -0.15) is 0 Å². The normalized spacial score (nSPS) is 13.6. The topological polar surface area (TPSA) is 69.2 Å². The molecule has 88 valence electrons. The van der Waals surface area contributed by atoms with Crippen LogP contribution in [0, 0.1) is 15.5 Å². The van der Waals surface area contributed by atoms with Gasteiger partial charge < -0.3 is 5.73 Å². The minimum atomic E-state index is -0.449. The first kappa shape index (κ1) is 12.9. The number of nitro benzene ring substituents is 1. The number of nitrogens with two attached hydrogens (primary N) is 1. The van der Waals surface area contributed by atoms with E-state index >= 15 is 0 Å². The molecule has 0 aromatic heterocycles. The molecule has 5 heteroatoms. The zero-order valence-electron chi connectivity index (χ0n) is 9.53. The van der Waals surface area contributed by atoms with Gasteiger partial charge in [-0.1, -0.05) is 32.4 Å². The van der Waals surface area contributed by atoms with Crippen LogP contribution in [0.3, 0.4) is 0 Å². The molecular weight excluding hydrogens is 228 g/mol. The molecule has 1 aromatic rings. The lowest BCUT2D eigenvalue weighted by Gasteiger charge is -2.27. The van der Waals surface area contributed by atoms with Crippen LogP contribution >= 0.6 is 11.6 Å². The molecular formula is C11H15ClN2O2. The van der Waals surface area contributed by atoms with Crippen LogP contribution in [-0.2, 0) is 0 Å². The molecule has 0 radical (unpaired) electrons. The van der Waals surface area contributed by atoms with Crippen LogP contribution in [0.4, 0.5) is 5.69 Å². The van der Waals surface area contributed by atoms with Crippen LogP contribution in [0.15, 0.2) is 18.2 Å². The standard InChI is InChI=1S/C11H15ClN2O2/c1-11(2,3)10(13)8-6-7(14(15)16)4-5-9(8)12/h4-6,10H,13H2,1-3H3/t10-/m0/s1. The molecule has 0 spiro atoms. The molecule has 0 saturated heterocycles. The molecule has 0 unspecified atom stereocenters. The minimum absolute atomic E-state index is 0.0131. The highest BCUT2D eigenvalue weighted by molar-refractivity contribution is 6.31. The van der Waals surface area contributed by atoms with Crippen LogP contribution in [0.2, 0.25) is 5.02 Å². The Hall–Kier alpha value is -1.13. The molecule has 0 aliphatic heterocycles. The molecule has 0 saturated carbocycles. The fourth-order valence-corrected chi connectivity index (χ4v) is 1.58. The number of non-ortho nitro benzene ring substituents is 1. The van der Waals surface area contributed by atoms with Crippen LogP contribution in [0.25, 0.3) is 0 Å². The van der Waals surface area contributed by atoms with Gasteiger partial charge in [-0.3, -0.25) is 10.1 Å². The lowest BCUT2D eigenvalue weighted by molar-refractivity contribution is -0.384. The van der Waals surface area contributed by atoms with Gasteiger partial charge in [0.05, 0.1) is 4.92 Å². The maximum Gasteiger partial charge on any atom is 0.269 e. The second-order valence-corrected chi connectivity index (χ2v) is 5.21. The van der Waals surface area contributed by atoms with Crippen molar-refractivity contribution in [3.63, 3.8) is 0 Å². The van der Waals surface area contributed by atoms with Crippen LogP contribution < -0.4 is 5.73 Å². The van der Waals surface area contributed by atoms with E-state index in [1.165, 1.54) is 18.2 Å². The first-order chi connectivity index (χ1) is 7.23. The summed E-state index contributed by atoms with van der Waals surface area (Å²) in [5, 5.41) is 11.1. The summed E-state index contributed by atoms with van der Waals surface area (Å²) in [5.74, 6) is 0. The number of hydrogen-bond acceptors (Lipinski definition) is 3. The Kier molecular flexibility index (Phi) is 3.55. The molecule has 0 fully saturated rings. The van der Waals surface area contributed by atoms with E-state index in [1.54, 1.807) is 0 Å². The highest BCUT2D eigenvalue weighted by atomic mass is 35.5. The fraction of sp³-hybridized carbons (Fsp3) is 0.455. The Morgan fingerprint density at radius 3 is 2.44 bits per heavy atom. The van der Waals surface area contributed by atoms with Gasteiger partial charge in [0, 0.05) is 23.2 Å². The molecule has 0 heterocycles. The molecule has 0 aliphatic carbocycles. The Morgan fingerprint density at radius 1 is 1.44 bits per heavy atom. The van der Waals surface area contributed by atoms with E-state index in [0.717, 1.165) is 0 Å². The molecule has 1 atom stereocenters. The van der Waals surface area contributed by atoms with Gasteiger partial charge in [-0.15, -0.1) is 0 Å². The zero-order chi connectivity index (χ0) is 12.5. The lowest BCUT2D eigenvalue weighted by atomic mass is 9.83. The van der Waals surface area contributed by atoms with Crippen molar-refractivity contribution in [1.82, 2.24) is 0 Å². The third kappa shape index (κ3) is 2.71. The van der Waals surface area contributed by atoms with E-state index < -0.39 is 4.92 Å². The predicted octanol–water partition coefficient (Wildman–Crippen LogP) is 3.29. The summed E-state index contributed by atoms with van der Waals surface area (Å²) in [6, 6.07) is 4.00. The first-order valence-electron chi connectivity index (χ1n) is 4.93. The molecule has 16 heavy (non-hydrogen) atoms. The summed E-state index contributed by atoms with van der Waals surface area (Å²) in [4.78, 5) is 10.2. The summed E-state index contributed by atoms with van der Waals surface area (Å²) in [6.07, 6.45) is 0. The monoisotopic (exact) mass is 242 g/mol. The van der Waals surface area contributed by atoms with Crippen molar-refractivity contribution in [3.05, 3.63) is 38.9 Å². The van der Waals surface area contributed by atoms with Gasteiger partial charge in [0.2, 0.25) is 0 Å². The van der Waals surface area contributed by atoms with Gasteiger partial charge in [-0.25, -0.2) is 0 Å². The van der Waals surface area contributed by atoms with Gasteiger partial charge >= 0.3 is 0 Å². The molecule has 1 rings (SSSR count). The van der Waals surface area contributed by atoms with E-state index in [4.69, 9.17) is 17.3 Å². The Labute approximate surface area is 99.6 Å². The molecule has 0 bridgehead atoms. The van der Waals surface area contributed by atoms with Gasteiger partial charge in [0.1, 0.15) is 0 Å². The van der Waals surface area contributed by atoms with Crippen LogP contribution in [0.1, 0.15) is 32.4 Å². The number of hydrogen-bond donors (Lipinski definition) is 1. The summed E-state index contributed by atoms with van der Waals surface area (Å²) in [7, 11) is 0. The van der Waals surface area contributed by atoms with E-state index in [-0.39, 0.29) is 17.1 Å². The quantitative estimate of drug-likeness (QED) is 0.639. The van der Waals surface area contributed by atoms with Crippen LogP contribution in [0.5, 0.6) is 0 Å². The highest BCUT2D eigenvalue weighted by Crippen LogP contribution is 2.35. The Morgan fingerprint density at radius 2 is 2.00 bits per heavy atom. The molecule has 4 nitrogen and oxygen atoms in total. The molecule has 0 amide bonds. The maximum atomic E-state index is 10.7. The highest BCUT2D eigenvalue weighted by Gasteiger charge is 2.25. The SMILES string of the molecule is CC(C)(C)[C@@H](N)c1cc([N+](=O)[O-])ccc1Cl. The number of nitro groups is 1. The first-order valence-corrected chi connectivity index (χ1v) is 5.30.